The molecular weight excluding hydrogens is 458 g/mol. The third-order valence-corrected chi connectivity index (χ3v) is 11.3. The van der Waals surface area contributed by atoms with Gasteiger partial charge in [-0.3, -0.25) is 0 Å². The maximum Gasteiger partial charge on any atom is 0.355 e. The molecule has 1 spiro atoms. The van der Waals surface area contributed by atoms with Gasteiger partial charge in [0.05, 0.1) is 11.5 Å². The molecule has 10 nitrogen and oxygen atoms in total. The van der Waals surface area contributed by atoms with E-state index >= 15 is 0 Å². The third kappa shape index (κ3) is 1.74. The molecule has 2 aliphatic heterocycles. The summed E-state index contributed by atoms with van der Waals surface area (Å²) in [4.78, 5) is 15.9. The Morgan fingerprint density at radius 3 is 2.43 bits per heavy atom. The summed E-state index contributed by atoms with van der Waals surface area (Å²) in [6.45, 7) is 7.91. The monoisotopic (exact) mass is 493 g/mol. The van der Waals surface area contributed by atoms with Crippen LogP contribution in [0.5, 0.6) is 0 Å². The summed E-state index contributed by atoms with van der Waals surface area (Å²) in [5.74, 6) is -4.34. The average Bonchev–Trinajstić information content (AvgIpc) is 3.41. The highest BCUT2D eigenvalue weighted by Gasteiger charge is 3.10. The number of aromatic nitrogens is 1. The van der Waals surface area contributed by atoms with Gasteiger partial charge in [-0.25, -0.2) is 4.79 Å². The second-order valence-corrected chi connectivity index (χ2v) is 12.4. The fraction of sp³-hybridized carbons (Fsp3) is 0.800. The predicted molar refractivity (Wildman–Crippen MR) is 119 cm³/mol. The van der Waals surface area contributed by atoms with E-state index < -0.39 is 74.6 Å². The zero-order chi connectivity index (χ0) is 25.8. The summed E-state index contributed by atoms with van der Waals surface area (Å²) < 4.78 is 12.1. The van der Waals surface area contributed by atoms with Crippen molar-refractivity contribution in [2.75, 3.05) is 0 Å². The Balaban J connectivity index is 1.69. The summed E-state index contributed by atoms with van der Waals surface area (Å²) >= 11 is 0. The summed E-state index contributed by atoms with van der Waals surface area (Å²) in [7, 11) is 0. The van der Waals surface area contributed by atoms with E-state index in [1.165, 1.54) is 26.1 Å². The number of H-pyrrole nitrogens is 1. The number of hydrogen-bond acceptors (Lipinski definition) is 9. The van der Waals surface area contributed by atoms with Crippen LogP contribution in [0.15, 0.2) is 18.3 Å². The topological polar surface area (TPSA) is 173 Å². The molecule has 6 aliphatic rings. The molecule has 1 aromatic heterocycles. The van der Waals surface area contributed by atoms with E-state index in [4.69, 9.17) is 9.47 Å². The van der Waals surface area contributed by atoms with Gasteiger partial charge in [0.1, 0.15) is 28.1 Å². The Morgan fingerprint density at radius 1 is 1.20 bits per heavy atom. The minimum Gasteiger partial charge on any atom is -0.451 e. The molecule has 35 heavy (non-hydrogen) atoms. The molecule has 7 N–H and O–H groups in total. The molecule has 0 amide bonds. The number of aliphatic hydroxyl groups excluding tert-OH is 1. The van der Waals surface area contributed by atoms with Gasteiger partial charge in [0, 0.05) is 18.0 Å². The van der Waals surface area contributed by atoms with E-state index in [-0.39, 0.29) is 18.5 Å². The molecule has 2 saturated heterocycles. The highest BCUT2D eigenvalue weighted by Crippen LogP contribution is 2.90. The minimum absolute atomic E-state index is 0.0654. The molecule has 194 valence electrons. The van der Waals surface area contributed by atoms with Gasteiger partial charge in [0.15, 0.2) is 17.5 Å². The molecule has 0 radical (unpaired) electrons. The van der Waals surface area contributed by atoms with Gasteiger partial charge in [-0.15, -0.1) is 0 Å². The van der Waals surface area contributed by atoms with Crippen molar-refractivity contribution < 1.29 is 44.9 Å². The number of hydrogen-bond donors (Lipinski definition) is 7. The maximum atomic E-state index is 13.2. The third-order valence-electron chi connectivity index (χ3n) is 11.3. The van der Waals surface area contributed by atoms with E-state index in [1.54, 1.807) is 26.8 Å². The number of esters is 1. The van der Waals surface area contributed by atoms with E-state index in [0.717, 1.165) is 0 Å². The van der Waals surface area contributed by atoms with E-state index in [1.807, 2.05) is 0 Å². The lowest BCUT2D eigenvalue weighted by Crippen LogP contribution is -2.75. The van der Waals surface area contributed by atoms with Crippen LogP contribution in [0.1, 0.15) is 64.4 Å². The minimum atomic E-state index is -2.59. The molecule has 11 atom stereocenters. The van der Waals surface area contributed by atoms with Crippen molar-refractivity contribution in [1.82, 2.24) is 4.98 Å². The average molecular weight is 494 g/mol. The first kappa shape index (κ1) is 23.8. The smallest absolute Gasteiger partial charge is 0.355 e. The van der Waals surface area contributed by atoms with Crippen LogP contribution in [0, 0.1) is 22.7 Å². The first-order chi connectivity index (χ1) is 16.0. The number of nitrogens with one attached hydrogen (secondary N) is 1. The van der Waals surface area contributed by atoms with E-state index in [2.05, 4.69) is 4.98 Å². The second kappa shape index (κ2) is 5.96. The first-order valence-electron chi connectivity index (χ1n) is 12.4. The molecule has 7 rings (SSSR count). The Morgan fingerprint density at radius 2 is 1.86 bits per heavy atom. The van der Waals surface area contributed by atoms with Gasteiger partial charge in [-0.05, 0) is 43.7 Å². The lowest BCUT2D eigenvalue weighted by Gasteiger charge is -2.60. The van der Waals surface area contributed by atoms with Gasteiger partial charge in [0.2, 0.25) is 0 Å². The van der Waals surface area contributed by atoms with Crippen molar-refractivity contribution in [3.05, 3.63) is 24.0 Å². The van der Waals surface area contributed by atoms with Crippen molar-refractivity contribution in [1.29, 1.82) is 0 Å². The summed E-state index contributed by atoms with van der Waals surface area (Å²) in [5, 5.41) is 73.9. The lowest BCUT2D eigenvalue weighted by atomic mass is 9.52. The number of carbonyl (C=O) groups excluding carboxylic acids is 1. The number of rotatable bonds is 3. The first-order valence-corrected chi connectivity index (χ1v) is 12.4. The molecule has 6 bridgehead atoms. The van der Waals surface area contributed by atoms with Crippen LogP contribution >= 0.6 is 0 Å². The SMILES string of the molecule is CC(C)[C@]1(O)[C@@H](OC(=O)c2ccc[nH]2)[C@@]2(O)[C@@]3(C)C[C@@]4(O)O[C@@]5([C@H](O)[C@@H](C)CC[C@]35O)[C@@]2(O)[C@]41C. The molecule has 3 heterocycles. The Hall–Kier alpha value is -1.53. The van der Waals surface area contributed by atoms with E-state index in [9.17, 15) is 35.4 Å². The predicted octanol–water partition coefficient (Wildman–Crippen LogP) is -0.188. The Kier molecular flexibility index (Phi) is 4.06. The van der Waals surface area contributed by atoms with Gasteiger partial charge in [0.25, 0.3) is 0 Å². The normalized spacial score (nSPS) is 59.8. The Labute approximate surface area is 202 Å². The summed E-state index contributed by atoms with van der Waals surface area (Å²) in [6.07, 6.45) is -1.63. The molecule has 0 unspecified atom stereocenters. The van der Waals surface area contributed by atoms with Crippen molar-refractivity contribution >= 4 is 5.97 Å². The van der Waals surface area contributed by atoms with Crippen molar-refractivity contribution in [2.24, 2.45) is 22.7 Å². The quantitative estimate of drug-likeness (QED) is 0.282. The molecule has 1 aromatic rings. The molecule has 0 aromatic carbocycles. The fourth-order valence-electron chi connectivity index (χ4n) is 9.56. The van der Waals surface area contributed by atoms with Crippen molar-refractivity contribution in [3.8, 4) is 0 Å². The van der Waals surface area contributed by atoms with Crippen LogP contribution in [0.25, 0.3) is 0 Å². The van der Waals surface area contributed by atoms with Gasteiger partial charge in [-0.2, -0.15) is 0 Å². The molecule has 4 saturated carbocycles. The van der Waals surface area contributed by atoms with Gasteiger partial charge in [-0.1, -0.05) is 27.7 Å². The van der Waals surface area contributed by atoms with Gasteiger partial charge < -0.3 is 45.1 Å². The van der Waals surface area contributed by atoms with Crippen LogP contribution < -0.4 is 0 Å². The molecule has 4 aliphatic carbocycles. The largest absolute Gasteiger partial charge is 0.451 e. The standard InChI is InChI=1S/C25H35NO9/c1-12(2)22(31)17(34-16(28)14-7-6-10-26-14)23(32)18(4)11-21(30)19(22,5)25(23,33)24(35-21)15(27)13(3)8-9-20(18,24)29/h6-7,10,12-13,15,17,26-27,29-33H,8-9,11H2,1-5H3/t13-,15+,17+,18-,19+,20-,21+,22-,23+,24+,25+/m0/s1. The van der Waals surface area contributed by atoms with Crippen LogP contribution in [-0.2, 0) is 9.47 Å². The van der Waals surface area contributed by atoms with Crippen LogP contribution in [-0.4, -0.2) is 87.6 Å². The zero-order valence-corrected chi connectivity index (χ0v) is 20.6. The summed E-state index contributed by atoms with van der Waals surface area (Å²) in [6, 6.07) is 3.06. The highest BCUT2D eigenvalue weighted by atomic mass is 16.7. The number of ether oxygens (including phenoxy) is 2. The number of aromatic amines is 1. The molecule has 10 heteroatoms. The zero-order valence-electron chi connectivity index (χ0n) is 20.6. The maximum absolute atomic E-state index is 13.2. The Bertz CT molecular complexity index is 1130. The van der Waals surface area contributed by atoms with E-state index in [0.29, 0.717) is 6.42 Å². The van der Waals surface area contributed by atoms with Crippen molar-refractivity contribution in [2.45, 2.75) is 99.9 Å². The molecule has 6 fully saturated rings. The molecular formula is C25H35NO9. The fourth-order valence-corrected chi connectivity index (χ4v) is 9.56. The number of carbonyl (C=O) groups is 1. The van der Waals surface area contributed by atoms with Crippen LogP contribution in [0.2, 0.25) is 0 Å². The number of aliphatic hydroxyl groups is 6. The highest BCUT2D eigenvalue weighted by molar-refractivity contribution is 5.87. The summed E-state index contributed by atoms with van der Waals surface area (Å²) in [5.41, 5.74) is -15.2. The second-order valence-electron chi connectivity index (χ2n) is 12.4. The van der Waals surface area contributed by atoms with Crippen molar-refractivity contribution in [3.63, 3.8) is 0 Å². The van der Waals surface area contributed by atoms with Gasteiger partial charge >= 0.3 is 5.97 Å². The van der Waals surface area contributed by atoms with Crippen LogP contribution in [0.3, 0.4) is 0 Å². The lowest BCUT2D eigenvalue weighted by molar-refractivity contribution is -0.390. The van der Waals surface area contributed by atoms with Crippen LogP contribution in [0.4, 0.5) is 0 Å².